The lowest BCUT2D eigenvalue weighted by Gasteiger charge is -2.34. The number of hydrogen-bond acceptors (Lipinski definition) is 8. The van der Waals surface area contributed by atoms with Gasteiger partial charge in [-0.3, -0.25) is 4.90 Å². The first-order valence-electron chi connectivity index (χ1n) is 8.01. The molecule has 0 saturated carbocycles. The molecule has 0 spiro atoms. The molecule has 24 heavy (non-hydrogen) atoms. The summed E-state index contributed by atoms with van der Waals surface area (Å²) in [4.78, 5) is 14.7. The molecule has 1 aliphatic heterocycles. The molecule has 4 rings (SSSR count). The number of fused-ring (bicyclic) bond motifs is 1. The first-order chi connectivity index (χ1) is 11.6. The van der Waals surface area contributed by atoms with Crippen LogP contribution in [0.15, 0.2) is 16.0 Å². The predicted molar refractivity (Wildman–Crippen MR) is 95.3 cm³/mol. The standard InChI is InChI=1S/C16H20N6OS/c1-10-13(11(2)23-20-10)9-21-4-6-22(7-5-21)16-18-14(17)12-3-8-24-15(12)19-16/h3,8H,4-7,9H2,1-2H3,(H2,17,18,19). The van der Waals surface area contributed by atoms with Gasteiger partial charge in [0, 0.05) is 38.3 Å². The fourth-order valence-electron chi connectivity index (χ4n) is 3.07. The highest BCUT2D eigenvalue weighted by Gasteiger charge is 2.22. The Morgan fingerprint density at radius 2 is 2.00 bits per heavy atom. The average molecular weight is 344 g/mol. The number of anilines is 2. The molecular weight excluding hydrogens is 324 g/mol. The molecule has 0 aliphatic carbocycles. The van der Waals surface area contributed by atoms with Crippen molar-refractivity contribution >= 4 is 33.3 Å². The van der Waals surface area contributed by atoms with Gasteiger partial charge in [0.15, 0.2) is 0 Å². The van der Waals surface area contributed by atoms with Gasteiger partial charge in [0.1, 0.15) is 16.4 Å². The van der Waals surface area contributed by atoms with E-state index in [2.05, 4.69) is 24.9 Å². The smallest absolute Gasteiger partial charge is 0.228 e. The van der Waals surface area contributed by atoms with E-state index in [-0.39, 0.29) is 0 Å². The lowest BCUT2D eigenvalue weighted by Crippen LogP contribution is -2.46. The molecular formula is C16H20N6OS. The van der Waals surface area contributed by atoms with Gasteiger partial charge in [0.05, 0.1) is 11.1 Å². The second-order valence-electron chi connectivity index (χ2n) is 6.11. The molecule has 0 bridgehead atoms. The molecule has 3 aromatic rings. The van der Waals surface area contributed by atoms with Gasteiger partial charge in [-0.15, -0.1) is 11.3 Å². The Morgan fingerprint density at radius 3 is 2.71 bits per heavy atom. The summed E-state index contributed by atoms with van der Waals surface area (Å²) in [5.41, 5.74) is 8.24. The largest absolute Gasteiger partial charge is 0.383 e. The number of nitrogens with zero attached hydrogens (tertiary/aromatic N) is 5. The van der Waals surface area contributed by atoms with Gasteiger partial charge in [-0.05, 0) is 25.3 Å². The van der Waals surface area contributed by atoms with E-state index in [0.717, 1.165) is 60.3 Å². The Morgan fingerprint density at radius 1 is 1.21 bits per heavy atom. The van der Waals surface area contributed by atoms with Gasteiger partial charge in [-0.2, -0.15) is 4.98 Å². The molecule has 7 nitrogen and oxygen atoms in total. The van der Waals surface area contributed by atoms with E-state index in [1.165, 1.54) is 5.56 Å². The molecule has 1 saturated heterocycles. The summed E-state index contributed by atoms with van der Waals surface area (Å²) in [6, 6.07) is 1.97. The molecule has 3 aromatic heterocycles. The normalized spacial score (nSPS) is 16.2. The first kappa shape index (κ1) is 15.3. The van der Waals surface area contributed by atoms with Crippen LogP contribution in [-0.2, 0) is 6.54 Å². The zero-order valence-electron chi connectivity index (χ0n) is 13.8. The van der Waals surface area contributed by atoms with Crippen molar-refractivity contribution in [1.82, 2.24) is 20.0 Å². The predicted octanol–water partition coefficient (Wildman–Crippen LogP) is 2.20. The molecule has 4 heterocycles. The van der Waals surface area contributed by atoms with E-state index < -0.39 is 0 Å². The zero-order valence-corrected chi connectivity index (χ0v) is 14.6. The first-order valence-corrected chi connectivity index (χ1v) is 8.89. The quantitative estimate of drug-likeness (QED) is 0.779. The number of hydrogen-bond donors (Lipinski definition) is 1. The van der Waals surface area contributed by atoms with Gasteiger partial charge in [-0.1, -0.05) is 5.16 Å². The number of piperazine rings is 1. The van der Waals surface area contributed by atoms with Gasteiger partial charge in [-0.25, -0.2) is 4.98 Å². The monoisotopic (exact) mass is 344 g/mol. The van der Waals surface area contributed by atoms with Crippen molar-refractivity contribution in [3.63, 3.8) is 0 Å². The van der Waals surface area contributed by atoms with Crippen LogP contribution in [0.3, 0.4) is 0 Å². The number of nitrogen functional groups attached to an aromatic ring is 1. The van der Waals surface area contributed by atoms with Crippen LogP contribution in [0, 0.1) is 13.8 Å². The summed E-state index contributed by atoms with van der Waals surface area (Å²) < 4.78 is 5.25. The Bertz CT molecular complexity index is 845. The van der Waals surface area contributed by atoms with Crippen molar-refractivity contribution in [2.75, 3.05) is 36.8 Å². The van der Waals surface area contributed by atoms with Crippen LogP contribution in [0.25, 0.3) is 10.2 Å². The SMILES string of the molecule is Cc1noc(C)c1CN1CCN(c2nc(N)c3ccsc3n2)CC1. The molecule has 0 atom stereocenters. The third-order valence-corrected chi connectivity index (χ3v) is 5.37. The Labute approximate surface area is 144 Å². The van der Waals surface area contributed by atoms with E-state index >= 15 is 0 Å². The van der Waals surface area contributed by atoms with E-state index in [0.29, 0.717) is 5.82 Å². The highest BCUT2D eigenvalue weighted by Crippen LogP contribution is 2.26. The Hall–Kier alpha value is -2.19. The van der Waals surface area contributed by atoms with E-state index in [9.17, 15) is 0 Å². The summed E-state index contributed by atoms with van der Waals surface area (Å²) in [6.07, 6.45) is 0. The van der Waals surface area contributed by atoms with E-state index in [1.54, 1.807) is 11.3 Å². The molecule has 1 aliphatic rings. The van der Waals surface area contributed by atoms with Gasteiger partial charge in [0.25, 0.3) is 0 Å². The molecule has 0 aromatic carbocycles. The fourth-order valence-corrected chi connectivity index (χ4v) is 3.83. The van der Waals surface area contributed by atoms with Gasteiger partial charge in [0.2, 0.25) is 5.95 Å². The maximum absolute atomic E-state index is 6.06. The Kier molecular flexibility index (Phi) is 3.85. The zero-order chi connectivity index (χ0) is 16.7. The third kappa shape index (κ3) is 2.71. The molecule has 0 amide bonds. The summed E-state index contributed by atoms with van der Waals surface area (Å²) >= 11 is 1.60. The highest BCUT2D eigenvalue weighted by atomic mass is 32.1. The number of nitrogens with two attached hydrogens (primary N) is 1. The van der Waals surface area contributed by atoms with E-state index in [4.69, 9.17) is 10.3 Å². The summed E-state index contributed by atoms with van der Waals surface area (Å²) in [5.74, 6) is 2.21. The van der Waals surface area contributed by atoms with Crippen LogP contribution in [-0.4, -0.2) is 46.2 Å². The summed E-state index contributed by atoms with van der Waals surface area (Å²) in [5, 5.41) is 6.98. The van der Waals surface area contributed by atoms with Crippen LogP contribution in [0.4, 0.5) is 11.8 Å². The van der Waals surface area contributed by atoms with E-state index in [1.807, 2.05) is 25.3 Å². The number of aryl methyl sites for hydroxylation is 2. The van der Waals surface area contributed by atoms with Crippen LogP contribution >= 0.6 is 11.3 Å². The molecule has 0 radical (unpaired) electrons. The number of rotatable bonds is 3. The number of aromatic nitrogens is 3. The van der Waals surface area contributed by atoms with Crippen molar-refractivity contribution in [1.29, 1.82) is 0 Å². The second-order valence-corrected chi connectivity index (χ2v) is 7.01. The van der Waals surface area contributed by atoms with Crippen LogP contribution in [0.2, 0.25) is 0 Å². The van der Waals surface area contributed by atoms with Crippen molar-refractivity contribution < 1.29 is 4.52 Å². The Balaban J connectivity index is 1.45. The summed E-state index contributed by atoms with van der Waals surface area (Å²) in [7, 11) is 0. The lowest BCUT2D eigenvalue weighted by molar-refractivity contribution is 0.247. The third-order valence-electron chi connectivity index (χ3n) is 4.56. The van der Waals surface area contributed by atoms with Crippen molar-refractivity contribution in [2.45, 2.75) is 20.4 Å². The molecule has 1 fully saturated rings. The maximum atomic E-state index is 6.06. The van der Waals surface area contributed by atoms with Crippen LogP contribution in [0.5, 0.6) is 0 Å². The maximum Gasteiger partial charge on any atom is 0.228 e. The minimum Gasteiger partial charge on any atom is -0.383 e. The van der Waals surface area contributed by atoms with Gasteiger partial charge >= 0.3 is 0 Å². The number of thiophene rings is 1. The topological polar surface area (TPSA) is 84.3 Å². The van der Waals surface area contributed by atoms with Crippen molar-refractivity contribution in [2.24, 2.45) is 0 Å². The fraction of sp³-hybridized carbons (Fsp3) is 0.438. The van der Waals surface area contributed by atoms with Crippen molar-refractivity contribution in [3.05, 3.63) is 28.5 Å². The second kappa shape index (κ2) is 6.03. The average Bonchev–Trinajstić information content (AvgIpc) is 3.18. The minimum absolute atomic E-state index is 0.564. The molecule has 126 valence electrons. The minimum atomic E-state index is 0.564. The summed E-state index contributed by atoms with van der Waals surface area (Å²) in [6.45, 7) is 8.53. The molecule has 8 heteroatoms. The highest BCUT2D eigenvalue weighted by molar-refractivity contribution is 7.16. The molecule has 2 N–H and O–H groups in total. The lowest BCUT2D eigenvalue weighted by atomic mass is 10.2. The van der Waals surface area contributed by atoms with Crippen molar-refractivity contribution in [3.8, 4) is 0 Å². The van der Waals surface area contributed by atoms with Gasteiger partial charge < -0.3 is 15.2 Å². The van der Waals surface area contributed by atoms with Crippen LogP contribution < -0.4 is 10.6 Å². The van der Waals surface area contributed by atoms with Crippen LogP contribution in [0.1, 0.15) is 17.0 Å². The molecule has 0 unspecified atom stereocenters.